The Bertz CT molecular complexity index is 170. The molecule has 0 radical (unpaired) electrons. The first-order valence-corrected chi connectivity index (χ1v) is 4.09. The first-order chi connectivity index (χ1) is 4.68. The van der Waals surface area contributed by atoms with Gasteiger partial charge in [0.05, 0.1) is 5.60 Å². The Hall–Kier alpha value is -0.300. The zero-order chi connectivity index (χ0) is 7.19. The van der Waals surface area contributed by atoms with Crippen LogP contribution >= 0.6 is 0 Å². The van der Waals surface area contributed by atoms with E-state index in [1.165, 1.54) is 12.8 Å². The van der Waals surface area contributed by atoms with Gasteiger partial charge in [-0.15, -0.1) is 0 Å². The third-order valence-corrected chi connectivity index (χ3v) is 2.94. The van der Waals surface area contributed by atoms with Crippen molar-refractivity contribution in [3.8, 4) is 0 Å². The molecule has 0 heterocycles. The maximum Gasteiger partial charge on any atom is 0.0687 e. The maximum atomic E-state index is 9.81. The highest BCUT2D eigenvalue weighted by molar-refractivity contribution is 5.11. The minimum Gasteiger partial charge on any atom is -0.390 e. The standard InChI is InChI=1S/C9H14O/c1-9(10)6-7-2-4-8(9)5-3-7/h2,4,7-8,10H,3,5-6H2,1H3/t7-,8-,9+/m0/s1. The lowest BCUT2D eigenvalue weighted by atomic mass is 9.67. The third-order valence-electron chi connectivity index (χ3n) is 2.94. The third kappa shape index (κ3) is 0.807. The van der Waals surface area contributed by atoms with Crippen molar-refractivity contribution >= 4 is 0 Å². The van der Waals surface area contributed by atoms with Gasteiger partial charge in [0.25, 0.3) is 0 Å². The normalized spacial score (nSPS) is 51.8. The summed E-state index contributed by atoms with van der Waals surface area (Å²) < 4.78 is 0. The smallest absolute Gasteiger partial charge is 0.0687 e. The van der Waals surface area contributed by atoms with E-state index >= 15 is 0 Å². The largest absolute Gasteiger partial charge is 0.390 e. The van der Waals surface area contributed by atoms with Gasteiger partial charge in [-0.2, -0.15) is 0 Å². The fraction of sp³-hybridized carbons (Fsp3) is 0.778. The molecule has 0 unspecified atom stereocenters. The first-order valence-electron chi connectivity index (χ1n) is 4.09. The minimum absolute atomic E-state index is 0.391. The average molecular weight is 138 g/mol. The number of hydrogen-bond donors (Lipinski definition) is 1. The molecule has 0 aromatic carbocycles. The topological polar surface area (TPSA) is 20.2 Å². The summed E-state index contributed by atoms with van der Waals surface area (Å²) in [5.41, 5.74) is -0.391. The summed E-state index contributed by atoms with van der Waals surface area (Å²) in [6, 6.07) is 0. The number of hydrogen-bond acceptors (Lipinski definition) is 1. The van der Waals surface area contributed by atoms with Crippen LogP contribution in [0.15, 0.2) is 12.2 Å². The molecule has 0 amide bonds. The van der Waals surface area contributed by atoms with Crippen molar-refractivity contribution in [3.63, 3.8) is 0 Å². The Labute approximate surface area is 61.8 Å². The molecule has 10 heavy (non-hydrogen) atoms. The van der Waals surface area contributed by atoms with Gasteiger partial charge in [0, 0.05) is 5.92 Å². The Kier molecular flexibility index (Phi) is 1.19. The van der Waals surface area contributed by atoms with Crippen molar-refractivity contribution in [2.24, 2.45) is 11.8 Å². The number of aliphatic hydroxyl groups is 1. The van der Waals surface area contributed by atoms with Gasteiger partial charge in [-0.25, -0.2) is 0 Å². The minimum atomic E-state index is -0.391. The van der Waals surface area contributed by atoms with Crippen LogP contribution in [0.3, 0.4) is 0 Å². The van der Waals surface area contributed by atoms with E-state index in [0.717, 1.165) is 6.42 Å². The molecule has 1 nitrogen and oxygen atoms in total. The molecule has 1 saturated carbocycles. The predicted octanol–water partition coefficient (Wildman–Crippen LogP) is 1.72. The van der Waals surface area contributed by atoms with Crippen LogP contribution in [-0.4, -0.2) is 10.7 Å². The molecule has 56 valence electrons. The van der Waals surface area contributed by atoms with E-state index in [0.29, 0.717) is 11.8 Å². The van der Waals surface area contributed by atoms with Crippen molar-refractivity contribution in [1.82, 2.24) is 0 Å². The lowest BCUT2D eigenvalue weighted by Crippen LogP contribution is -2.42. The number of rotatable bonds is 0. The van der Waals surface area contributed by atoms with Gasteiger partial charge in [0.1, 0.15) is 0 Å². The summed E-state index contributed by atoms with van der Waals surface area (Å²) in [6.07, 6.45) is 7.92. The molecule has 1 fully saturated rings. The van der Waals surface area contributed by atoms with Crippen LogP contribution in [-0.2, 0) is 0 Å². The zero-order valence-corrected chi connectivity index (χ0v) is 6.38. The molecule has 0 aromatic rings. The molecule has 2 bridgehead atoms. The summed E-state index contributed by atoms with van der Waals surface area (Å²) in [5, 5.41) is 9.81. The second-order valence-electron chi connectivity index (χ2n) is 3.89. The Balaban J connectivity index is 2.27. The predicted molar refractivity (Wildman–Crippen MR) is 40.6 cm³/mol. The SMILES string of the molecule is C[C@@]1(O)C[C@H]2C=C[C@H]1CC2. The van der Waals surface area contributed by atoms with Gasteiger partial charge in [-0.1, -0.05) is 12.2 Å². The lowest BCUT2D eigenvalue weighted by Gasteiger charge is -2.42. The molecule has 0 aliphatic heterocycles. The molecular weight excluding hydrogens is 124 g/mol. The molecule has 1 heteroatoms. The van der Waals surface area contributed by atoms with Gasteiger partial charge < -0.3 is 5.11 Å². The molecular formula is C9H14O. The molecule has 0 saturated heterocycles. The van der Waals surface area contributed by atoms with Gasteiger partial charge in [0.15, 0.2) is 0 Å². The monoisotopic (exact) mass is 138 g/mol. The van der Waals surface area contributed by atoms with Gasteiger partial charge in [-0.05, 0) is 32.1 Å². The van der Waals surface area contributed by atoms with E-state index in [1.54, 1.807) is 0 Å². The molecule has 3 atom stereocenters. The van der Waals surface area contributed by atoms with E-state index in [-0.39, 0.29) is 0 Å². The van der Waals surface area contributed by atoms with Crippen LogP contribution in [0.2, 0.25) is 0 Å². The van der Waals surface area contributed by atoms with E-state index in [4.69, 9.17) is 0 Å². The van der Waals surface area contributed by atoms with E-state index < -0.39 is 5.60 Å². The summed E-state index contributed by atoms with van der Waals surface area (Å²) in [7, 11) is 0. The Morgan fingerprint density at radius 3 is 2.40 bits per heavy atom. The second-order valence-corrected chi connectivity index (χ2v) is 3.89. The summed E-state index contributed by atoms with van der Waals surface area (Å²) >= 11 is 0. The molecule has 3 aliphatic rings. The van der Waals surface area contributed by atoms with Crippen molar-refractivity contribution in [3.05, 3.63) is 12.2 Å². The van der Waals surface area contributed by atoms with Crippen LogP contribution in [0.5, 0.6) is 0 Å². The molecule has 0 spiro atoms. The van der Waals surface area contributed by atoms with E-state index in [1.807, 2.05) is 6.92 Å². The first kappa shape index (κ1) is 6.41. The maximum absolute atomic E-state index is 9.81. The summed E-state index contributed by atoms with van der Waals surface area (Å²) in [6.45, 7) is 1.97. The molecule has 3 aliphatic carbocycles. The van der Waals surface area contributed by atoms with Gasteiger partial charge >= 0.3 is 0 Å². The fourth-order valence-corrected chi connectivity index (χ4v) is 2.25. The van der Waals surface area contributed by atoms with Gasteiger partial charge in [-0.3, -0.25) is 0 Å². The quantitative estimate of drug-likeness (QED) is 0.505. The second kappa shape index (κ2) is 1.85. The van der Waals surface area contributed by atoms with E-state index in [9.17, 15) is 5.11 Å². The van der Waals surface area contributed by atoms with Crippen LogP contribution in [0, 0.1) is 11.8 Å². The number of fused-ring (bicyclic) bond motifs is 2. The van der Waals surface area contributed by atoms with Crippen LogP contribution < -0.4 is 0 Å². The Morgan fingerprint density at radius 2 is 2.20 bits per heavy atom. The molecule has 0 aromatic heterocycles. The van der Waals surface area contributed by atoms with Crippen LogP contribution in [0.4, 0.5) is 0 Å². The van der Waals surface area contributed by atoms with Crippen molar-refractivity contribution in [2.45, 2.75) is 31.8 Å². The van der Waals surface area contributed by atoms with Crippen molar-refractivity contribution in [2.75, 3.05) is 0 Å². The highest BCUT2D eigenvalue weighted by Crippen LogP contribution is 2.42. The zero-order valence-electron chi connectivity index (χ0n) is 6.38. The Morgan fingerprint density at radius 1 is 1.40 bits per heavy atom. The van der Waals surface area contributed by atoms with E-state index in [2.05, 4.69) is 12.2 Å². The number of allylic oxidation sites excluding steroid dienone is 1. The highest BCUT2D eigenvalue weighted by Gasteiger charge is 2.39. The van der Waals surface area contributed by atoms with Crippen molar-refractivity contribution in [1.29, 1.82) is 0 Å². The van der Waals surface area contributed by atoms with Crippen LogP contribution in [0.1, 0.15) is 26.2 Å². The molecule has 3 rings (SSSR count). The van der Waals surface area contributed by atoms with Crippen molar-refractivity contribution < 1.29 is 5.11 Å². The lowest BCUT2D eigenvalue weighted by molar-refractivity contribution is -0.0326. The highest BCUT2D eigenvalue weighted by atomic mass is 16.3. The molecule has 1 N–H and O–H groups in total. The fourth-order valence-electron chi connectivity index (χ4n) is 2.25. The summed E-state index contributed by atoms with van der Waals surface area (Å²) in [4.78, 5) is 0. The average Bonchev–Trinajstić information content (AvgIpc) is 1.87. The summed E-state index contributed by atoms with van der Waals surface area (Å²) in [5.74, 6) is 1.11. The van der Waals surface area contributed by atoms with Crippen LogP contribution in [0.25, 0.3) is 0 Å². The van der Waals surface area contributed by atoms with Gasteiger partial charge in [0.2, 0.25) is 0 Å².